The third-order valence-electron chi connectivity index (χ3n) is 2.27. The minimum absolute atomic E-state index is 0.286. The fourth-order valence-electron chi connectivity index (χ4n) is 1.51. The monoisotopic (exact) mass is 272 g/mol. The van der Waals surface area contributed by atoms with Crippen molar-refractivity contribution in [3.63, 3.8) is 0 Å². The minimum Gasteiger partial charge on any atom is -0.489 e. The molecule has 0 fully saturated rings. The molecule has 0 aromatic carbocycles. The van der Waals surface area contributed by atoms with Crippen LogP contribution in [0.1, 0.15) is 41.2 Å². The Hall–Kier alpha value is -1.07. The molecule has 102 valence electrons. The maximum Gasteiger partial charge on any atom is 0.349 e. The van der Waals surface area contributed by atoms with Gasteiger partial charge in [0, 0.05) is 11.5 Å². The summed E-state index contributed by atoms with van der Waals surface area (Å²) in [6.45, 7) is 5.70. The average molecular weight is 272 g/mol. The Morgan fingerprint density at radius 3 is 2.67 bits per heavy atom. The Labute approximate surface area is 112 Å². The molecule has 0 aliphatic carbocycles. The quantitative estimate of drug-likeness (QED) is 0.701. The summed E-state index contributed by atoms with van der Waals surface area (Å²) in [5.41, 5.74) is 0. The molecule has 0 unspecified atom stereocenters. The summed E-state index contributed by atoms with van der Waals surface area (Å²) >= 11 is 1.30. The highest BCUT2D eigenvalue weighted by Gasteiger charge is 2.16. The second-order valence-corrected chi connectivity index (χ2v) is 5.06. The standard InChI is InChI=1S/C13H20O4S/c1-3-5-10-9-11(12(18-10)13(14)15)17-8-7-16-6-4-2/h9H,3-8H2,1-2H3,(H,14,15). The molecule has 1 aromatic rings. The summed E-state index contributed by atoms with van der Waals surface area (Å²) < 4.78 is 10.8. The van der Waals surface area contributed by atoms with Crippen molar-refractivity contribution in [2.24, 2.45) is 0 Å². The number of aromatic carboxylic acids is 1. The van der Waals surface area contributed by atoms with Gasteiger partial charge in [0.1, 0.15) is 12.4 Å². The van der Waals surface area contributed by atoms with Gasteiger partial charge in [-0.15, -0.1) is 11.3 Å². The van der Waals surface area contributed by atoms with E-state index in [2.05, 4.69) is 6.92 Å². The fourth-order valence-corrected chi connectivity index (χ4v) is 2.55. The molecule has 0 amide bonds. The van der Waals surface area contributed by atoms with Crippen molar-refractivity contribution in [3.8, 4) is 5.75 Å². The second-order valence-electron chi connectivity index (χ2n) is 3.92. The third kappa shape index (κ3) is 4.66. The number of aryl methyl sites for hydroxylation is 1. The average Bonchev–Trinajstić information content (AvgIpc) is 2.73. The molecule has 0 bridgehead atoms. The number of carboxylic acids is 1. The number of carboxylic acid groups (broad SMARTS) is 1. The Kier molecular flexibility index (Phi) is 6.75. The molecule has 0 atom stereocenters. The van der Waals surface area contributed by atoms with Gasteiger partial charge in [0.15, 0.2) is 4.88 Å². The smallest absolute Gasteiger partial charge is 0.349 e. The van der Waals surface area contributed by atoms with Crippen LogP contribution in [0.4, 0.5) is 0 Å². The molecule has 18 heavy (non-hydrogen) atoms. The molecule has 0 spiro atoms. The first-order valence-corrected chi connectivity index (χ1v) is 7.07. The van der Waals surface area contributed by atoms with E-state index in [-0.39, 0.29) is 4.88 Å². The van der Waals surface area contributed by atoms with Crippen LogP contribution in [0.15, 0.2) is 6.07 Å². The highest BCUT2D eigenvalue weighted by Crippen LogP contribution is 2.30. The zero-order valence-electron chi connectivity index (χ0n) is 10.9. The molecule has 0 saturated carbocycles. The van der Waals surface area contributed by atoms with Gasteiger partial charge in [0.25, 0.3) is 0 Å². The summed E-state index contributed by atoms with van der Waals surface area (Å²) in [7, 11) is 0. The van der Waals surface area contributed by atoms with Crippen LogP contribution >= 0.6 is 11.3 Å². The first-order chi connectivity index (χ1) is 8.69. The summed E-state index contributed by atoms with van der Waals surface area (Å²) in [5.74, 6) is -0.456. The van der Waals surface area contributed by atoms with E-state index in [0.717, 1.165) is 24.1 Å². The van der Waals surface area contributed by atoms with E-state index in [0.29, 0.717) is 25.6 Å². The van der Waals surface area contributed by atoms with Crippen LogP contribution in [0, 0.1) is 0 Å². The number of hydrogen-bond donors (Lipinski definition) is 1. The van der Waals surface area contributed by atoms with Crippen LogP contribution in [0.5, 0.6) is 5.75 Å². The van der Waals surface area contributed by atoms with Crippen LogP contribution in [0.3, 0.4) is 0 Å². The van der Waals surface area contributed by atoms with Gasteiger partial charge in [-0.25, -0.2) is 4.79 Å². The number of rotatable bonds is 9. The largest absolute Gasteiger partial charge is 0.489 e. The lowest BCUT2D eigenvalue weighted by molar-refractivity contribution is 0.0692. The van der Waals surface area contributed by atoms with E-state index in [1.165, 1.54) is 11.3 Å². The Morgan fingerprint density at radius 1 is 1.28 bits per heavy atom. The van der Waals surface area contributed by atoms with Gasteiger partial charge in [-0.05, 0) is 18.9 Å². The third-order valence-corrected chi connectivity index (χ3v) is 3.44. The zero-order chi connectivity index (χ0) is 13.4. The van der Waals surface area contributed by atoms with Crippen molar-refractivity contribution in [2.45, 2.75) is 33.1 Å². The van der Waals surface area contributed by atoms with Crippen LogP contribution < -0.4 is 4.74 Å². The molecule has 1 heterocycles. The summed E-state index contributed by atoms with van der Waals surface area (Å²) in [5, 5.41) is 9.09. The van der Waals surface area contributed by atoms with E-state index >= 15 is 0 Å². The summed E-state index contributed by atoms with van der Waals surface area (Å²) in [4.78, 5) is 12.4. The number of thiophene rings is 1. The van der Waals surface area contributed by atoms with Gasteiger partial charge >= 0.3 is 5.97 Å². The van der Waals surface area contributed by atoms with Gasteiger partial charge in [0.05, 0.1) is 6.61 Å². The molecular weight excluding hydrogens is 252 g/mol. The molecule has 0 aliphatic rings. The number of ether oxygens (including phenoxy) is 2. The van der Waals surface area contributed by atoms with E-state index in [1.807, 2.05) is 13.0 Å². The molecule has 0 radical (unpaired) electrons. The van der Waals surface area contributed by atoms with E-state index in [9.17, 15) is 4.79 Å². The van der Waals surface area contributed by atoms with E-state index in [4.69, 9.17) is 14.6 Å². The zero-order valence-corrected chi connectivity index (χ0v) is 11.7. The maximum absolute atomic E-state index is 11.1. The predicted molar refractivity (Wildman–Crippen MR) is 71.9 cm³/mol. The molecule has 0 aliphatic heterocycles. The molecule has 1 aromatic heterocycles. The van der Waals surface area contributed by atoms with E-state index < -0.39 is 5.97 Å². The summed E-state index contributed by atoms with van der Waals surface area (Å²) in [6, 6.07) is 1.83. The van der Waals surface area contributed by atoms with Gasteiger partial charge in [-0.3, -0.25) is 0 Å². The topological polar surface area (TPSA) is 55.8 Å². The first kappa shape index (κ1) is 15.0. The molecule has 1 rings (SSSR count). The SMILES string of the molecule is CCCOCCOc1cc(CCC)sc1C(=O)O. The highest BCUT2D eigenvalue weighted by molar-refractivity contribution is 7.14. The first-order valence-electron chi connectivity index (χ1n) is 6.25. The molecule has 0 saturated heterocycles. The number of hydrogen-bond acceptors (Lipinski definition) is 4. The van der Waals surface area contributed by atoms with E-state index in [1.54, 1.807) is 0 Å². The van der Waals surface area contributed by atoms with Crippen molar-refractivity contribution in [2.75, 3.05) is 19.8 Å². The normalized spacial score (nSPS) is 10.6. The lowest BCUT2D eigenvalue weighted by atomic mass is 10.3. The van der Waals surface area contributed by atoms with Crippen molar-refractivity contribution < 1.29 is 19.4 Å². The fraction of sp³-hybridized carbons (Fsp3) is 0.615. The van der Waals surface area contributed by atoms with Crippen molar-refractivity contribution >= 4 is 17.3 Å². The van der Waals surface area contributed by atoms with Gasteiger partial charge < -0.3 is 14.6 Å². The van der Waals surface area contributed by atoms with Crippen LogP contribution in [-0.2, 0) is 11.2 Å². The molecular formula is C13H20O4S. The molecule has 5 heteroatoms. The van der Waals surface area contributed by atoms with Gasteiger partial charge in [0.2, 0.25) is 0 Å². The summed E-state index contributed by atoms with van der Waals surface area (Å²) in [6.07, 6.45) is 2.86. The van der Waals surface area contributed by atoms with Crippen LogP contribution in [0.25, 0.3) is 0 Å². The molecule has 1 N–H and O–H groups in total. The number of carbonyl (C=O) groups is 1. The second kappa shape index (κ2) is 8.11. The maximum atomic E-state index is 11.1. The van der Waals surface area contributed by atoms with Crippen molar-refractivity contribution in [3.05, 3.63) is 15.8 Å². The van der Waals surface area contributed by atoms with Crippen LogP contribution in [-0.4, -0.2) is 30.9 Å². The van der Waals surface area contributed by atoms with Crippen molar-refractivity contribution in [1.29, 1.82) is 0 Å². The van der Waals surface area contributed by atoms with Crippen LogP contribution in [0.2, 0.25) is 0 Å². The Balaban J connectivity index is 2.54. The minimum atomic E-state index is -0.924. The predicted octanol–water partition coefficient (Wildman–Crippen LogP) is 3.20. The van der Waals surface area contributed by atoms with Gasteiger partial charge in [-0.2, -0.15) is 0 Å². The Morgan fingerprint density at radius 2 is 2.06 bits per heavy atom. The highest BCUT2D eigenvalue weighted by atomic mass is 32.1. The van der Waals surface area contributed by atoms with Gasteiger partial charge in [-0.1, -0.05) is 20.3 Å². The lowest BCUT2D eigenvalue weighted by Crippen LogP contribution is -2.08. The Bertz CT molecular complexity index is 373. The molecule has 4 nitrogen and oxygen atoms in total. The van der Waals surface area contributed by atoms with Crippen molar-refractivity contribution in [1.82, 2.24) is 0 Å². The lowest BCUT2D eigenvalue weighted by Gasteiger charge is -2.05.